The zero-order chi connectivity index (χ0) is 15.7. The van der Waals surface area contributed by atoms with Crippen LogP contribution in [0.15, 0.2) is 40.8 Å². The fraction of sp³-hybridized carbons (Fsp3) is 0.389. The number of benzene rings is 1. The number of nitrogen functional groups attached to an aromatic ring is 1. The number of nitrogens with two attached hydrogens (primary N) is 1. The Hall–Kier alpha value is -2.23. The van der Waals surface area contributed by atoms with E-state index in [0.717, 1.165) is 18.4 Å². The van der Waals surface area contributed by atoms with E-state index in [1.807, 2.05) is 35.2 Å². The van der Waals surface area contributed by atoms with Crippen LogP contribution in [0.4, 0.5) is 5.69 Å². The molecule has 1 fully saturated rings. The van der Waals surface area contributed by atoms with E-state index < -0.39 is 0 Å². The third kappa shape index (κ3) is 2.61. The van der Waals surface area contributed by atoms with E-state index in [1.165, 1.54) is 6.42 Å². The average molecular weight is 298 g/mol. The van der Waals surface area contributed by atoms with Gasteiger partial charge in [0, 0.05) is 23.3 Å². The van der Waals surface area contributed by atoms with Crippen molar-refractivity contribution in [1.82, 2.24) is 4.90 Å². The molecule has 1 saturated heterocycles. The Bertz CT molecular complexity index is 667. The van der Waals surface area contributed by atoms with Crippen molar-refractivity contribution in [2.75, 3.05) is 5.73 Å². The summed E-state index contributed by atoms with van der Waals surface area (Å²) >= 11 is 0. The molecule has 116 valence electrons. The quantitative estimate of drug-likeness (QED) is 0.854. The molecule has 0 spiro atoms. The van der Waals surface area contributed by atoms with E-state index in [4.69, 9.17) is 10.2 Å². The molecule has 1 aromatic heterocycles. The lowest BCUT2D eigenvalue weighted by atomic mass is 9.97. The second-order valence-electron chi connectivity index (χ2n) is 6.09. The van der Waals surface area contributed by atoms with Gasteiger partial charge in [0.25, 0.3) is 5.91 Å². The molecule has 1 amide bonds. The fourth-order valence-electron chi connectivity index (χ4n) is 3.27. The molecule has 2 aromatic rings. The first-order valence-electron chi connectivity index (χ1n) is 7.85. The second kappa shape index (κ2) is 5.87. The lowest BCUT2D eigenvalue weighted by Crippen LogP contribution is -2.47. The predicted octanol–water partition coefficient (Wildman–Crippen LogP) is 3.93. The van der Waals surface area contributed by atoms with Crippen LogP contribution in [0.25, 0.3) is 11.3 Å². The maximum atomic E-state index is 12.8. The SMILES string of the molecule is C[C@@H]1CCC[C@H](C)N1C(=O)c1ccc(-c2ccccc2N)o1. The minimum absolute atomic E-state index is 0.0274. The number of hydrogen-bond donors (Lipinski definition) is 1. The number of nitrogens with zero attached hydrogens (tertiary/aromatic N) is 1. The van der Waals surface area contributed by atoms with Gasteiger partial charge in [-0.1, -0.05) is 12.1 Å². The van der Waals surface area contributed by atoms with Gasteiger partial charge in [-0.2, -0.15) is 0 Å². The van der Waals surface area contributed by atoms with Crippen LogP contribution in [0.1, 0.15) is 43.7 Å². The predicted molar refractivity (Wildman–Crippen MR) is 87.5 cm³/mol. The van der Waals surface area contributed by atoms with Gasteiger partial charge in [-0.05, 0) is 57.4 Å². The molecule has 2 heterocycles. The summed E-state index contributed by atoms with van der Waals surface area (Å²) in [6, 6.07) is 11.6. The monoisotopic (exact) mass is 298 g/mol. The molecule has 2 N–H and O–H groups in total. The standard InChI is InChI=1S/C18H22N2O2/c1-12-6-5-7-13(2)20(12)18(21)17-11-10-16(22-17)14-8-3-4-9-15(14)19/h3-4,8-13H,5-7,19H2,1-2H3/t12-,13+. The van der Waals surface area contributed by atoms with Crippen molar-refractivity contribution < 1.29 is 9.21 Å². The van der Waals surface area contributed by atoms with E-state index >= 15 is 0 Å². The van der Waals surface area contributed by atoms with Gasteiger partial charge in [-0.15, -0.1) is 0 Å². The van der Waals surface area contributed by atoms with E-state index in [-0.39, 0.29) is 18.0 Å². The molecular weight excluding hydrogens is 276 g/mol. The van der Waals surface area contributed by atoms with Crippen molar-refractivity contribution in [3.63, 3.8) is 0 Å². The highest BCUT2D eigenvalue weighted by Gasteiger charge is 2.31. The van der Waals surface area contributed by atoms with Crippen molar-refractivity contribution in [2.45, 2.75) is 45.2 Å². The molecular formula is C18H22N2O2. The van der Waals surface area contributed by atoms with E-state index in [0.29, 0.717) is 17.2 Å². The largest absolute Gasteiger partial charge is 0.451 e. The molecule has 0 saturated carbocycles. The van der Waals surface area contributed by atoms with E-state index in [1.54, 1.807) is 6.07 Å². The number of likely N-dealkylation sites (tertiary alicyclic amines) is 1. The average Bonchev–Trinajstić information content (AvgIpc) is 2.97. The number of para-hydroxylation sites is 1. The Morgan fingerprint density at radius 3 is 2.50 bits per heavy atom. The Morgan fingerprint density at radius 1 is 1.14 bits per heavy atom. The summed E-state index contributed by atoms with van der Waals surface area (Å²) in [4.78, 5) is 14.7. The number of carbonyl (C=O) groups excluding carboxylic acids is 1. The third-order valence-electron chi connectivity index (χ3n) is 4.47. The zero-order valence-corrected chi connectivity index (χ0v) is 13.1. The molecule has 0 radical (unpaired) electrons. The topological polar surface area (TPSA) is 59.5 Å². The molecule has 4 nitrogen and oxygen atoms in total. The number of furan rings is 1. The van der Waals surface area contributed by atoms with Crippen LogP contribution in [0.2, 0.25) is 0 Å². The number of anilines is 1. The fourth-order valence-corrected chi connectivity index (χ4v) is 3.27. The van der Waals surface area contributed by atoms with Crippen LogP contribution >= 0.6 is 0 Å². The first kappa shape index (κ1) is 14.7. The first-order valence-corrected chi connectivity index (χ1v) is 7.85. The molecule has 3 rings (SSSR count). The highest BCUT2D eigenvalue weighted by Crippen LogP contribution is 2.30. The minimum Gasteiger partial charge on any atom is -0.451 e. The highest BCUT2D eigenvalue weighted by molar-refractivity contribution is 5.93. The second-order valence-corrected chi connectivity index (χ2v) is 6.09. The van der Waals surface area contributed by atoms with Gasteiger partial charge >= 0.3 is 0 Å². The van der Waals surface area contributed by atoms with Crippen LogP contribution in [0.3, 0.4) is 0 Å². The van der Waals surface area contributed by atoms with Crippen LogP contribution in [0.5, 0.6) is 0 Å². The summed E-state index contributed by atoms with van der Waals surface area (Å²) in [5, 5.41) is 0. The molecule has 0 bridgehead atoms. The molecule has 0 aliphatic carbocycles. The molecule has 1 aliphatic heterocycles. The van der Waals surface area contributed by atoms with E-state index in [9.17, 15) is 4.79 Å². The Kier molecular flexibility index (Phi) is 3.92. The number of piperidine rings is 1. The minimum atomic E-state index is -0.0274. The number of carbonyl (C=O) groups is 1. The molecule has 4 heteroatoms. The molecule has 0 unspecified atom stereocenters. The maximum absolute atomic E-state index is 12.8. The number of amides is 1. The van der Waals surface area contributed by atoms with Crippen molar-refractivity contribution in [3.05, 3.63) is 42.2 Å². The zero-order valence-electron chi connectivity index (χ0n) is 13.1. The Balaban J connectivity index is 1.87. The van der Waals surface area contributed by atoms with Crippen LogP contribution in [0, 0.1) is 0 Å². The number of hydrogen-bond acceptors (Lipinski definition) is 3. The van der Waals surface area contributed by atoms with Crippen LogP contribution in [-0.2, 0) is 0 Å². The van der Waals surface area contributed by atoms with Crippen molar-refractivity contribution in [2.24, 2.45) is 0 Å². The summed E-state index contributed by atoms with van der Waals surface area (Å²) in [6.45, 7) is 4.21. The van der Waals surface area contributed by atoms with E-state index in [2.05, 4.69) is 13.8 Å². The van der Waals surface area contributed by atoms with Gasteiger partial charge in [-0.25, -0.2) is 0 Å². The first-order chi connectivity index (χ1) is 10.6. The van der Waals surface area contributed by atoms with Crippen LogP contribution in [-0.4, -0.2) is 22.9 Å². The van der Waals surface area contributed by atoms with Gasteiger partial charge in [0.15, 0.2) is 5.76 Å². The maximum Gasteiger partial charge on any atom is 0.290 e. The van der Waals surface area contributed by atoms with Gasteiger partial charge < -0.3 is 15.1 Å². The Labute approximate surface area is 130 Å². The van der Waals surface area contributed by atoms with Crippen LogP contribution < -0.4 is 5.73 Å². The summed E-state index contributed by atoms with van der Waals surface area (Å²) < 4.78 is 5.79. The van der Waals surface area contributed by atoms with Gasteiger partial charge in [0.05, 0.1) is 0 Å². The lowest BCUT2D eigenvalue weighted by Gasteiger charge is -2.38. The molecule has 2 atom stereocenters. The smallest absolute Gasteiger partial charge is 0.290 e. The van der Waals surface area contributed by atoms with Crippen molar-refractivity contribution in [1.29, 1.82) is 0 Å². The lowest BCUT2D eigenvalue weighted by molar-refractivity contribution is 0.0479. The molecule has 1 aromatic carbocycles. The van der Waals surface area contributed by atoms with Gasteiger partial charge in [-0.3, -0.25) is 4.79 Å². The van der Waals surface area contributed by atoms with Crippen molar-refractivity contribution in [3.8, 4) is 11.3 Å². The molecule has 22 heavy (non-hydrogen) atoms. The van der Waals surface area contributed by atoms with Crippen molar-refractivity contribution >= 4 is 11.6 Å². The highest BCUT2D eigenvalue weighted by atomic mass is 16.4. The third-order valence-corrected chi connectivity index (χ3v) is 4.47. The summed E-state index contributed by atoms with van der Waals surface area (Å²) in [5.41, 5.74) is 7.44. The Morgan fingerprint density at radius 2 is 1.82 bits per heavy atom. The normalized spacial score (nSPS) is 21.8. The summed E-state index contributed by atoms with van der Waals surface area (Å²) in [5.74, 6) is 0.998. The van der Waals surface area contributed by atoms with Gasteiger partial charge in [0.1, 0.15) is 5.76 Å². The van der Waals surface area contributed by atoms with Gasteiger partial charge in [0.2, 0.25) is 0 Å². The molecule has 1 aliphatic rings. The number of rotatable bonds is 2. The summed E-state index contributed by atoms with van der Waals surface area (Å²) in [7, 11) is 0. The summed E-state index contributed by atoms with van der Waals surface area (Å²) in [6.07, 6.45) is 3.28.